The molecule has 0 radical (unpaired) electrons. The molecule has 0 spiro atoms. The van der Waals surface area contributed by atoms with Crippen LogP contribution in [0.1, 0.15) is 66.2 Å². The lowest BCUT2D eigenvalue weighted by Crippen LogP contribution is -2.28. The predicted octanol–water partition coefficient (Wildman–Crippen LogP) is 7.15. The monoisotopic (exact) mass is 476 g/mol. The van der Waals surface area contributed by atoms with Gasteiger partial charge in [0.2, 0.25) is 0 Å². The summed E-state index contributed by atoms with van der Waals surface area (Å²) in [7, 11) is 2.25. The maximum atomic E-state index is 5.27. The van der Waals surface area contributed by atoms with Crippen LogP contribution in [0.4, 0.5) is 0 Å². The van der Waals surface area contributed by atoms with Crippen molar-refractivity contribution in [1.82, 2.24) is 19.9 Å². The summed E-state index contributed by atoms with van der Waals surface area (Å²) in [6.45, 7) is 7.37. The van der Waals surface area contributed by atoms with Crippen LogP contribution >= 0.6 is 0 Å². The van der Waals surface area contributed by atoms with Crippen LogP contribution in [0.2, 0.25) is 0 Å². The maximum absolute atomic E-state index is 5.27. The lowest BCUT2D eigenvalue weighted by atomic mass is 9.86. The van der Waals surface area contributed by atoms with Gasteiger partial charge in [-0.1, -0.05) is 56.3 Å². The first-order valence-corrected chi connectivity index (χ1v) is 13.3. The molecule has 1 aliphatic carbocycles. The first kappa shape index (κ1) is 24.3. The highest BCUT2D eigenvalue weighted by atomic mass is 15.1. The molecule has 5 rings (SSSR count). The van der Waals surface area contributed by atoms with Crippen molar-refractivity contribution < 1.29 is 0 Å². The Kier molecular flexibility index (Phi) is 7.24. The first-order valence-electron chi connectivity index (χ1n) is 13.3. The van der Waals surface area contributed by atoms with Gasteiger partial charge in [0, 0.05) is 47.4 Å². The Labute approximate surface area is 215 Å². The minimum atomic E-state index is 0.409. The number of fused-ring (bicyclic) bond motifs is 1. The number of hydrogen-bond acceptors (Lipinski definition) is 4. The number of nitrogens with zero attached hydrogens (tertiary/aromatic N) is 4. The quantitative estimate of drug-likeness (QED) is 0.284. The molecular weight excluding hydrogens is 440 g/mol. The molecule has 0 bridgehead atoms. The third-order valence-corrected chi connectivity index (χ3v) is 7.67. The zero-order chi connectivity index (χ0) is 25.1. The molecule has 1 aliphatic rings. The largest absolute Gasteiger partial charge is 0.295 e. The molecule has 0 saturated heterocycles. The van der Waals surface area contributed by atoms with Gasteiger partial charge < -0.3 is 0 Å². The molecule has 0 saturated carbocycles. The molecule has 2 heterocycles. The van der Waals surface area contributed by atoms with Crippen LogP contribution < -0.4 is 0 Å². The number of rotatable bonds is 7. The number of hydrogen-bond donors (Lipinski definition) is 0. The smallest absolute Gasteiger partial charge is 0.160 e. The van der Waals surface area contributed by atoms with Gasteiger partial charge >= 0.3 is 0 Å². The molecule has 0 aliphatic heterocycles. The van der Waals surface area contributed by atoms with Crippen LogP contribution in [0.15, 0.2) is 67.0 Å². The molecule has 1 unspecified atom stereocenters. The van der Waals surface area contributed by atoms with E-state index in [1.807, 2.05) is 12.4 Å². The van der Waals surface area contributed by atoms with Crippen molar-refractivity contribution in [1.29, 1.82) is 0 Å². The van der Waals surface area contributed by atoms with Gasteiger partial charge in [-0.05, 0) is 80.5 Å². The van der Waals surface area contributed by atoms with E-state index in [0.29, 0.717) is 6.04 Å². The van der Waals surface area contributed by atoms with Gasteiger partial charge in [-0.25, -0.2) is 9.97 Å². The third-order valence-electron chi connectivity index (χ3n) is 7.67. The normalized spacial score (nSPS) is 15.2. The van der Waals surface area contributed by atoms with Gasteiger partial charge in [0.15, 0.2) is 5.82 Å². The Bertz CT molecular complexity index is 1320. The topological polar surface area (TPSA) is 41.9 Å². The lowest BCUT2D eigenvalue weighted by Gasteiger charge is -2.34. The van der Waals surface area contributed by atoms with E-state index in [4.69, 9.17) is 9.97 Å². The summed E-state index contributed by atoms with van der Waals surface area (Å²) in [4.78, 5) is 17.2. The summed E-state index contributed by atoms with van der Waals surface area (Å²) in [5.41, 5.74) is 11.1. The Morgan fingerprint density at radius 2 is 1.61 bits per heavy atom. The number of pyridine rings is 1. The van der Waals surface area contributed by atoms with Gasteiger partial charge in [-0.15, -0.1) is 0 Å². The number of benzene rings is 2. The molecule has 36 heavy (non-hydrogen) atoms. The van der Waals surface area contributed by atoms with Crippen molar-refractivity contribution in [3.8, 4) is 22.6 Å². The van der Waals surface area contributed by atoms with E-state index < -0.39 is 0 Å². The second kappa shape index (κ2) is 10.7. The average molecular weight is 477 g/mol. The number of aromatic nitrogens is 3. The van der Waals surface area contributed by atoms with Crippen molar-refractivity contribution in [3.05, 3.63) is 101 Å². The molecule has 0 N–H and O–H groups in total. The van der Waals surface area contributed by atoms with Gasteiger partial charge in [0.1, 0.15) is 0 Å². The fraction of sp³-hybridized carbons (Fsp3) is 0.344. The zero-order valence-electron chi connectivity index (χ0n) is 22.0. The first-order chi connectivity index (χ1) is 17.6. The van der Waals surface area contributed by atoms with E-state index >= 15 is 0 Å². The van der Waals surface area contributed by atoms with Gasteiger partial charge in [-0.2, -0.15) is 0 Å². The van der Waals surface area contributed by atoms with E-state index in [9.17, 15) is 0 Å². The molecule has 0 amide bonds. The van der Waals surface area contributed by atoms with E-state index in [1.54, 1.807) is 0 Å². The average Bonchev–Trinajstić information content (AvgIpc) is 2.93. The molecular formula is C32H36N4. The molecule has 0 fully saturated rings. The van der Waals surface area contributed by atoms with Crippen LogP contribution in [0.5, 0.6) is 0 Å². The highest BCUT2D eigenvalue weighted by Crippen LogP contribution is 2.36. The maximum Gasteiger partial charge on any atom is 0.160 e. The Balaban J connectivity index is 1.60. The summed E-state index contributed by atoms with van der Waals surface area (Å²) in [5.74, 6) is 0.836. The van der Waals surface area contributed by atoms with Gasteiger partial charge in [0.25, 0.3) is 0 Å². The van der Waals surface area contributed by atoms with Crippen molar-refractivity contribution in [2.45, 2.75) is 65.5 Å². The Morgan fingerprint density at radius 3 is 2.33 bits per heavy atom. The minimum Gasteiger partial charge on any atom is -0.295 e. The highest BCUT2D eigenvalue weighted by Gasteiger charge is 2.26. The predicted molar refractivity (Wildman–Crippen MR) is 148 cm³/mol. The lowest BCUT2D eigenvalue weighted by molar-refractivity contribution is 0.213. The summed E-state index contributed by atoms with van der Waals surface area (Å²) < 4.78 is 0. The number of aryl methyl sites for hydroxylation is 4. The second-order valence-corrected chi connectivity index (χ2v) is 9.88. The highest BCUT2D eigenvalue weighted by molar-refractivity contribution is 5.71. The molecule has 2 aromatic carbocycles. The molecule has 4 heteroatoms. The van der Waals surface area contributed by atoms with E-state index in [-0.39, 0.29) is 0 Å². The standard InChI is InChI=1S/C32H36N4/c1-5-23-12-9-13-24(6-2)30(23)32-34-22(3)28(31(35-32)26-17-19-33-20-18-26)21-36(4)29-16-10-14-25-11-7-8-15-27(25)29/h7-9,11-13,15,17-20,29H,5-6,10,14,16,21H2,1-4H3. The zero-order valence-corrected chi connectivity index (χ0v) is 22.0. The van der Waals surface area contributed by atoms with Crippen LogP contribution in [0.25, 0.3) is 22.6 Å². The summed E-state index contributed by atoms with van der Waals surface area (Å²) >= 11 is 0. The van der Waals surface area contributed by atoms with Crippen LogP contribution in [-0.4, -0.2) is 26.9 Å². The van der Waals surface area contributed by atoms with Gasteiger partial charge in [0.05, 0.1) is 5.69 Å². The SMILES string of the molecule is CCc1cccc(CC)c1-c1nc(C)c(CN(C)C2CCCc3ccccc32)c(-c2ccncc2)n1. The second-order valence-electron chi connectivity index (χ2n) is 9.88. The van der Waals surface area contributed by atoms with Crippen LogP contribution in [-0.2, 0) is 25.8 Å². The fourth-order valence-corrected chi connectivity index (χ4v) is 5.72. The van der Waals surface area contributed by atoms with E-state index in [1.165, 1.54) is 52.6 Å². The molecule has 4 aromatic rings. The van der Waals surface area contributed by atoms with Crippen molar-refractivity contribution in [2.75, 3.05) is 7.05 Å². The van der Waals surface area contributed by atoms with Crippen molar-refractivity contribution in [2.24, 2.45) is 0 Å². The van der Waals surface area contributed by atoms with E-state index in [0.717, 1.165) is 42.2 Å². The van der Waals surface area contributed by atoms with E-state index in [2.05, 4.69) is 92.3 Å². The molecule has 184 valence electrons. The summed E-state index contributed by atoms with van der Waals surface area (Å²) in [6, 6.07) is 20.1. The van der Waals surface area contributed by atoms with Crippen LogP contribution in [0.3, 0.4) is 0 Å². The van der Waals surface area contributed by atoms with Crippen LogP contribution in [0, 0.1) is 6.92 Å². The summed E-state index contributed by atoms with van der Waals surface area (Å²) in [5, 5.41) is 0. The van der Waals surface area contributed by atoms with Crippen molar-refractivity contribution >= 4 is 0 Å². The molecule has 1 atom stereocenters. The Hall–Kier alpha value is -3.37. The molecule has 4 nitrogen and oxygen atoms in total. The third kappa shape index (κ3) is 4.70. The fourth-order valence-electron chi connectivity index (χ4n) is 5.72. The summed E-state index contributed by atoms with van der Waals surface area (Å²) in [6.07, 6.45) is 9.22. The van der Waals surface area contributed by atoms with Gasteiger partial charge in [-0.3, -0.25) is 9.88 Å². The minimum absolute atomic E-state index is 0.409. The van der Waals surface area contributed by atoms with Crippen molar-refractivity contribution in [3.63, 3.8) is 0 Å². The Morgan fingerprint density at radius 1 is 0.889 bits per heavy atom. The molecule has 2 aromatic heterocycles.